The molecule has 0 radical (unpaired) electrons. The predicted molar refractivity (Wildman–Crippen MR) is 73.0 cm³/mol. The fourth-order valence-corrected chi connectivity index (χ4v) is 1.98. The van der Waals surface area contributed by atoms with E-state index in [-0.39, 0.29) is 5.75 Å². The molecule has 2 rings (SSSR count). The van der Waals surface area contributed by atoms with E-state index in [1.54, 1.807) is 13.0 Å². The van der Waals surface area contributed by atoms with Crippen molar-refractivity contribution in [3.05, 3.63) is 58.9 Å². The van der Waals surface area contributed by atoms with Crippen LogP contribution in [-0.4, -0.2) is 5.11 Å². The molecule has 2 nitrogen and oxygen atoms in total. The van der Waals surface area contributed by atoms with Crippen LogP contribution in [0.3, 0.4) is 0 Å². The van der Waals surface area contributed by atoms with Gasteiger partial charge in [0.25, 0.3) is 0 Å². The van der Waals surface area contributed by atoms with Gasteiger partial charge in [0.05, 0.1) is 6.10 Å². The largest absolute Gasteiger partial charge is 0.454 e. The lowest BCUT2D eigenvalue weighted by molar-refractivity contribution is 0.198. The molecule has 0 bridgehead atoms. The monoisotopic (exact) mass is 260 g/mol. The van der Waals surface area contributed by atoms with Gasteiger partial charge in [-0.05, 0) is 61.7 Å². The first kappa shape index (κ1) is 13.6. The number of aliphatic hydroxyl groups excluding tert-OH is 1. The fourth-order valence-electron chi connectivity index (χ4n) is 1.98. The molecule has 3 heteroatoms. The van der Waals surface area contributed by atoms with E-state index in [4.69, 9.17) is 4.74 Å². The highest BCUT2D eigenvalue weighted by atomic mass is 19.1. The zero-order chi connectivity index (χ0) is 14.0. The van der Waals surface area contributed by atoms with E-state index in [2.05, 4.69) is 0 Å². The zero-order valence-corrected chi connectivity index (χ0v) is 11.3. The molecule has 0 saturated heterocycles. The van der Waals surface area contributed by atoms with Crippen LogP contribution < -0.4 is 4.74 Å². The predicted octanol–water partition coefficient (Wildman–Crippen LogP) is 4.29. The summed E-state index contributed by atoms with van der Waals surface area (Å²) >= 11 is 0. The minimum Gasteiger partial charge on any atom is -0.454 e. The normalized spacial score (nSPS) is 12.3. The van der Waals surface area contributed by atoms with Crippen LogP contribution in [0.25, 0.3) is 0 Å². The van der Waals surface area contributed by atoms with Crippen molar-refractivity contribution in [1.29, 1.82) is 0 Å². The van der Waals surface area contributed by atoms with Crippen LogP contribution in [0, 0.1) is 19.7 Å². The van der Waals surface area contributed by atoms with Gasteiger partial charge in [-0.3, -0.25) is 0 Å². The first-order chi connectivity index (χ1) is 8.95. The molecule has 0 aliphatic carbocycles. The molecule has 0 aliphatic rings. The average molecular weight is 260 g/mol. The second kappa shape index (κ2) is 5.41. The number of rotatable bonds is 3. The SMILES string of the molecule is Cc1cc(C)cc(Oc2ccc([C@@H](C)O)cc2F)c1. The van der Waals surface area contributed by atoms with Gasteiger partial charge in [0.1, 0.15) is 5.75 Å². The first-order valence-corrected chi connectivity index (χ1v) is 6.19. The molecule has 100 valence electrons. The zero-order valence-electron chi connectivity index (χ0n) is 11.3. The Morgan fingerprint density at radius 1 is 1.05 bits per heavy atom. The lowest BCUT2D eigenvalue weighted by Gasteiger charge is -2.11. The maximum Gasteiger partial charge on any atom is 0.166 e. The minimum atomic E-state index is -0.690. The van der Waals surface area contributed by atoms with Crippen molar-refractivity contribution >= 4 is 0 Å². The van der Waals surface area contributed by atoms with Gasteiger partial charge in [-0.25, -0.2) is 4.39 Å². The number of ether oxygens (including phenoxy) is 1. The molecule has 2 aromatic rings. The van der Waals surface area contributed by atoms with Gasteiger partial charge in [-0.2, -0.15) is 0 Å². The molecule has 1 atom stereocenters. The Morgan fingerprint density at radius 3 is 2.21 bits per heavy atom. The van der Waals surface area contributed by atoms with Crippen LogP contribution in [0.2, 0.25) is 0 Å². The van der Waals surface area contributed by atoms with Gasteiger partial charge >= 0.3 is 0 Å². The maximum absolute atomic E-state index is 13.9. The third-order valence-electron chi connectivity index (χ3n) is 2.86. The van der Waals surface area contributed by atoms with E-state index in [9.17, 15) is 9.50 Å². The summed E-state index contributed by atoms with van der Waals surface area (Å²) in [5, 5.41) is 9.39. The number of hydrogen-bond donors (Lipinski definition) is 1. The summed E-state index contributed by atoms with van der Waals surface area (Å²) in [5.41, 5.74) is 2.66. The lowest BCUT2D eigenvalue weighted by atomic mass is 10.1. The van der Waals surface area contributed by atoms with Gasteiger partial charge in [0, 0.05) is 0 Å². The summed E-state index contributed by atoms with van der Waals surface area (Å²) < 4.78 is 19.4. The molecule has 0 aromatic heterocycles. The highest BCUT2D eigenvalue weighted by molar-refractivity contribution is 5.38. The van der Waals surface area contributed by atoms with Crippen molar-refractivity contribution in [2.24, 2.45) is 0 Å². The van der Waals surface area contributed by atoms with E-state index in [1.807, 2.05) is 32.0 Å². The number of aryl methyl sites for hydroxylation is 2. The molecule has 0 unspecified atom stereocenters. The van der Waals surface area contributed by atoms with Crippen molar-refractivity contribution in [3.8, 4) is 11.5 Å². The smallest absolute Gasteiger partial charge is 0.166 e. The maximum atomic E-state index is 13.9. The number of hydrogen-bond acceptors (Lipinski definition) is 2. The highest BCUT2D eigenvalue weighted by Crippen LogP contribution is 2.28. The summed E-state index contributed by atoms with van der Waals surface area (Å²) in [4.78, 5) is 0. The standard InChI is InChI=1S/C16H17FO2/c1-10-6-11(2)8-14(7-10)19-16-5-4-13(12(3)18)9-15(16)17/h4-9,12,18H,1-3H3/t12-/m1/s1. The summed E-state index contributed by atoms with van der Waals surface area (Å²) in [6.07, 6.45) is -0.690. The Hall–Kier alpha value is -1.87. The Labute approximate surface area is 112 Å². The Kier molecular flexibility index (Phi) is 3.86. The summed E-state index contributed by atoms with van der Waals surface area (Å²) in [7, 11) is 0. The number of halogens is 1. The van der Waals surface area contributed by atoms with Crippen molar-refractivity contribution in [3.63, 3.8) is 0 Å². The fraction of sp³-hybridized carbons (Fsp3) is 0.250. The average Bonchev–Trinajstić information content (AvgIpc) is 2.30. The third kappa shape index (κ3) is 3.32. The molecular formula is C16H17FO2. The van der Waals surface area contributed by atoms with Gasteiger partial charge in [-0.1, -0.05) is 12.1 Å². The van der Waals surface area contributed by atoms with Gasteiger partial charge in [0.15, 0.2) is 11.6 Å². The van der Waals surface area contributed by atoms with E-state index >= 15 is 0 Å². The van der Waals surface area contributed by atoms with Crippen molar-refractivity contribution < 1.29 is 14.2 Å². The second-order valence-corrected chi connectivity index (χ2v) is 4.79. The Bertz CT molecular complexity index is 571. The molecule has 0 fully saturated rings. The topological polar surface area (TPSA) is 29.5 Å². The molecule has 0 heterocycles. The van der Waals surface area contributed by atoms with Crippen molar-refractivity contribution in [2.75, 3.05) is 0 Å². The first-order valence-electron chi connectivity index (χ1n) is 6.19. The molecular weight excluding hydrogens is 243 g/mol. The van der Waals surface area contributed by atoms with Crippen molar-refractivity contribution in [2.45, 2.75) is 26.9 Å². The van der Waals surface area contributed by atoms with Crippen LogP contribution in [0.5, 0.6) is 11.5 Å². The molecule has 0 aliphatic heterocycles. The van der Waals surface area contributed by atoms with Crippen LogP contribution in [0.4, 0.5) is 4.39 Å². The number of aliphatic hydroxyl groups is 1. The highest BCUT2D eigenvalue weighted by Gasteiger charge is 2.09. The molecule has 0 saturated carbocycles. The van der Waals surface area contributed by atoms with E-state index in [0.29, 0.717) is 11.3 Å². The summed E-state index contributed by atoms with van der Waals surface area (Å²) in [6.45, 7) is 5.53. The van der Waals surface area contributed by atoms with Crippen molar-refractivity contribution in [1.82, 2.24) is 0 Å². The van der Waals surface area contributed by atoms with E-state index in [0.717, 1.165) is 11.1 Å². The van der Waals surface area contributed by atoms with E-state index in [1.165, 1.54) is 12.1 Å². The summed E-state index contributed by atoms with van der Waals surface area (Å²) in [5.74, 6) is 0.299. The second-order valence-electron chi connectivity index (χ2n) is 4.79. The number of benzene rings is 2. The lowest BCUT2D eigenvalue weighted by Crippen LogP contribution is -1.95. The molecule has 2 aromatic carbocycles. The van der Waals surface area contributed by atoms with Crippen LogP contribution in [0.15, 0.2) is 36.4 Å². The molecule has 1 N–H and O–H groups in total. The van der Waals surface area contributed by atoms with Crippen LogP contribution >= 0.6 is 0 Å². The summed E-state index contributed by atoms with van der Waals surface area (Å²) in [6, 6.07) is 10.2. The Morgan fingerprint density at radius 2 is 1.68 bits per heavy atom. The van der Waals surface area contributed by atoms with Gasteiger partial charge in [0.2, 0.25) is 0 Å². The third-order valence-corrected chi connectivity index (χ3v) is 2.86. The Balaban J connectivity index is 2.28. The molecule has 0 amide bonds. The van der Waals surface area contributed by atoms with Crippen LogP contribution in [0.1, 0.15) is 29.7 Å². The minimum absolute atomic E-state index is 0.161. The van der Waals surface area contributed by atoms with Gasteiger partial charge < -0.3 is 9.84 Å². The molecule has 0 spiro atoms. The van der Waals surface area contributed by atoms with E-state index < -0.39 is 11.9 Å². The van der Waals surface area contributed by atoms with Gasteiger partial charge in [-0.15, -0.1) is 0 Å². The molecule has 19 heavy (non-hydrogen) atoms. The quantitative estimate of drug-likeness (QED) is 0.892. The van der Waals surface area contributed by atoms with Crippen LogP contribution in [-0.2, 0) is 0 Å².